The Hall–Kier alpha value is -2.66. The van der Waals surface area contributed by atoms with E-state index in [-0.39, 0.29) is 18.3 Å². The molecule has 1 aliphatic heterocycles. The van der Waals surface area contributed by atoms with Gasteiger partial charge in [0.1, 0.15) is 0 Å². The number of anilines is 2. The molecule has 0 aliphatic carbocycles. The van der Waals surface area contributed by atoms with E-state index in [0.717, 1.165) is 54.8 Å². The molecular formula is C24H29ClN4O. The van der Waals surface area contributed by atoms with Gasteiger partial charge in [-0.05, 0) is 56.0 Å². The van der Waals surface area contributed by atoms with Crippen LogP contribution in [0.2, 0.25) is 0 Å². The number of carbonyl (C=O) groups excluding carboxylic acids is 1. The lowest BCUT2D eigenvalue weighted by atomic mass is 10.1. The zero-order valence-corrected chi connectivity index (χ0v) is 18.5. The summed E-state index contributed by atoms with van der Waals surface area (Å²) in [5.74, 6) is 0.0505. The van der Waals surface area contributed by atoms with E-state index in [1.807, 2.05) is 24.0 Å². The van der Waals surface area contributed by atoms with E-state index in [0.29, 0.717) is 11.2 Å². The van der Waals surface area contributed by atoms with E-state index in [2.05, 4.69) is 46.5 Å². The molecule has 1 N–H and O–H groups in total. The van der Waals surface area contributed by atoms with Gasteiger partial charge in [0.25, 0.3) is 5.91 Å². The predicted molar refractivity (Wildman–Crippen MR) is 125 cm³/mol. The summed E-state index contributed by atoms with van der Waals surface area (Å²) < 4.78 is 0. The maximum atomic E-state index is 13.4. The molecule has 1 amide bonds. The Morgan fingerprint density at radius 2 is 1.73 bits per heavy atom. The van der Waals surface area contributed by atoms with Gasteiger partial charge in [-0.1, -0.05) is 31.9 Å². The minimum Gasteiger partial charge on any atom is -0.354 e. The fraction of sp³-hybridized carbons (Fsp3) is 0.375. The van der Waals surface area contributed by atoms with Gasteiger partial charge in [0.15, 0.2) is 5.65 Å². The van der Waals surface area contributed by atoms with Crippen molar-refractivity contribution in [3.63, 3.8) is 0 Å². The number of pyridine rings is 2. The fourth-order valence-corrected chi connectivity index (χ4v) is 3.88. The van der Waals surface area contributed by atoms with Crippen molar-refractivity contribution >= 4 is 40.7 Å². The van der Waals surface area contributed by atoms with Gasteiger partial charge in [0.05, 0.1) is 11.3 Å². The average molecular weight is 425 g/mol. The number of carbonyl (C=O) groups is 1. The van der Waals surface area contributed by atoms with Crippen LogP contribution in [0, 0.1) is 6.92 Å². The van der Waals surface area contributed by atoms with Crippen LogP contribution in [0.1, 0.15) is 54.2 Å². The quantitative estimate of drug-likeness (QED) is 0.585. The number of amides is 1. The summed E-state index contributed by atoms with van der Waals surface area (Å²) in [4.78, 5) is 24.4. The van der Waals surface area contributed by atoms with Crippen LogP contribution in [0.15, 0.2) is 42.6 Å². The lowest BCUT2D eigenvalue weighted by Crippen LogP contribution is -2.32. The maximum absolute atomic E-state index is 13.4. The van der Waals surface area contributed by atoms with E-state index < -0.39 is 0 Å². The topological polar surface area (TPSA) is 58.1 Å². The van der Waals surface area contributed by atoms with E-state index in [1.165, 1.54) is 18.4 Å². The standard InChI is InChI=1S/C24H28N4O.ClH/c1-3-18-9-11-19(12-10-18)27-22-20-13-8-17(2)26-23(20)25-16-21(22)24(29)28-14-6-4-5-7-15-28;/h8-13,16H,3-7,14-15H2,1-2H3,(H,25,26,27);1H. The largest absolute Gasteiger partial charge is 0.354 e. The molecule has 0 spiro atoms. The molecule has 2 aromatic heterocycles. The van der Waals surface area contributed by atoms with Crippen molar-refractivity contribution in [2.75, 3.05) is 18.4 Å². The van der Waals surface area contributed by atoms with E-state index in [1.54, 1.807) is 6.20 Å². The summed E-state index contributed by atoms with van der Waals surface area (Å²) in [7, 11) is 0. The van der Waals surface area contributed by atoms with Crippen LogP contribution in [-0.4, -0.2) is 33.9 Å². The van der Waals surface area contributed by atoms with Gasteiger partial charge < -0.3 is 10.2 Å². The zero-order chi connectivity index (χ0) is 20.2. The minimum absolute atomic E-state index is 0. The van der Waals surface area contributed by atoms with Crippen LogP contribution in [0.25, 0.3) is 11.0 Å². The highest BCUT2D eigenvalue weighted by Crippen LogP contribution is 2.30. The maximum Gasteiger partial charge on any atom is 0.257 e. The average Bonchev–Trinajstić information content (AvgIpc) is 3.03. The second kappa shape index (κ2) is 9.90. The van der Waals surface area contributed by atoms with Crippen molar-refractivity contribution < 1.29 is 4.79 Å². The Bertz CT molecular complexity index is 1010. The third-order valence-electron chi connectivity index (χ3n) is 5.62. The Morgan fingerprint density at radius 1 is 1.03 bits per heavy atom. The summed E-state index contributed by atoms with van der Waals surface area (Å²) in [5.41, 5.74) is 5.22. The van der Waals surface area contributed by atoms with Gasteiger partial charge in [-0.25, -0.2) is 9.97 Å². The van der Waals surface area contributed by atoms with Gasteiger partial charge in [-0.2, -0.15) is 0 Å². The van der Waals surface area contributed by atoms with Crippen LogP contribution < -0.4 is 5.32 Å². The summed E-state index contributed by atoms with van der Waals surface area (Å²) in [6, 6.07) is 12.3. The van der Waals surface area contributed by atoms with Crippen molar-refractivity contribution in [1.29, 1.82) is 0 Å². The molecule has 0 atom stereocenters. The summed E-state index contributed by atoms with van der Waals surface area (Å²) >= 11 is 0. The van der Waals surface area contributed by atoms with E-state index in [4.69, 9.17) is 0 Å². The highest BCUT2D eigenvalue weighted by molar-refractivity contribution is 6.07. The number of aryl methyl sites for hydroxylation is 2. The van der Waals surface area contributed by atoms with Gasteiger partial charge in [0.2, 0.25) is 0 Å². The predicted octanol–water partition coefficient (Wildman–Crippen LogP) is 5.68. The second-order valence-corrected chi connectivity index (χ2v) is 7.75. The van der Waals surface area contributed by atoms with Crippen LogP contribution >= 0.6 is 12.4 Å². The number of nitrogens with zero attached hydrogens (tertiary/aromatic N) is 3. The molecule has 1 aliphatic rings. The second-order valence-electron chi connectivity index (χ2n) is 7.75. The van der Waals surface area contributed by atoms with Gasteiger partial charge in [-0.15, -0.1) is 12.4 Å². The van der Waals surface area contributed by atoms with Crippen LogP contribution in [0.5, 0.6) is 0 Å². The molecule has 3 aromatic rings. The Labute approximate surface area is 184 Å². The molecule has 158 valence electrons. The number of benzene rings is 1. The number of hydrogen-bond donors (Lipinski definition) is 1. The first-order chi connectivity index (χ1) is 14.2. The molecule has 0 radical (unpaired) electrons. The summed E-state index contributed by atoms with van der Waals surface area (Å²) in [5, 5.41) is 4.37. The first-order valence-corrected chi connectivity index (χ1v) is 10.6. The first kappa shape index (κ1) is 22.0. The van der Waals surface area contributed by atoms with E-state index >= 15 is 0 Å². The lowest BCUT2D eigenvalue weighted by Gasteiger charge is -2.22. The third-order valence-corrected chi connectivity index (χ3v) is 5.62. The zero-order valence-electron chi connectivity index (χ0n) is 17.6. The van der Waals surface area contributed by atoms with Crippen molar-refractivity contribution in [3.05, 3.63) is 59.4 Å². The number of nitrogens with one attached hydrogen (secondary N) is 1. The highest BCUT2D eigenvalue weighted by Gasteiger charge is 2.22. The molecule has 3 heterocycles. The third kappa shape index (κ3) is 4.73. The molecule has 4 rings (SSSR count). The number of hydrogen-bond acceptors (Lipinski definition) is 4. The molecule has 0 bridgehead atoms. The first-order valence-electron chi connectivity index (χ1n) is 10.6. The monoisotopic (exact) mass is 424 g/mol. The SMILES string of the molecule is CCc1ccc(Nc2c(C(=O)N3CCCCCC3)cnc3nc(C)ccc23)cc1.Cl. The molecule has 5 nitrogen and oxygen atoms in total. The Balaban J connectivity index is 0.00000256. The normalized spacial score (nSPS) is 14.1. The van der Waals surface area contributed by atoms with E-state index in [9.17, 15) is 4.79 Å². The summed E-state index contributed by atoms with van der Waals surface area (Å²) in [6.07, 6.45) is 7.20. The minimum atomic E-state index is 0. The highest BCUT2D eigenvalue weighted by atomic mass is 35.5. The number of rotatable bonds is 4. The van der Waals surface area contributed by atoms with Gasteiger partial charge in [-0.3, -0.25) is 4.79 Å². The molecule has 1 aromatic carbocycles. The smallest absolute Gasteiger partial charge is 0.257 e. The fourth-order valence-electron chi connectivity index (χ4n) is 3.88. The Kier molecular flexibility index (Phi) is 7.27. The van der Waals surface area contributed by atoms with Crippen LogP contribution in [0.4, 0.5) is 11.4 Å². The molecule has 0 unspecified atom stereocenters. The molecule has 1 saturated heterocycles. The molecule has 1 fully saturated rings. The van der Waals surface area contributed by atoms with Crippen molar-refractivity contribution in [3.8, 4) is 0 Å². The number of likely N-dealkylation sites (tertiary alicyclic amines) is 1. The molecule has 30 heavy (non-hydrogen) atoms. The molecule has 6 heteroatoms. The molecule has 0 saturated carbocycles. The Morgan fingerprint density at radius 3 is 2.40 bits per heavy atom. The van der Waals surface area contributed by atoms with Crippen molar-refractivity contribution in [1.82, 2.24) is 14.9 Å². The van der Waals surface area contributed by atoms with Gasteiger partial charge in [0, 0.05) is 36.1 Å². The number of fused-ring (bicyclic) bond motifs is 1. The van der Waals surface area contributed by atoms with Crippen molar-refractivity contribution in [2.24, 2.45) is 0 Å². The molecular weight excluding hydrogens is 396 g/mol. The van der Waals surface area contributed by atoms with Crippen molar-refractivity contribution in [2.45, 2.75) is 46.0 Å². The summed E-state index contributed by atoms with van der Waals surface area (Å²) in [6.45, 7) is 5.72. The van der Waals surface area contributed by atoms with Gasteiger partial charge >= 0.3 is 0 Å². The van der Waals surface area contributed by atoms with Crippen LogP contribution in [-0.2, 0) is 6.42 Å². The van der Waals surface area contributed by atoms with Crippen LogP contribution in [0.3, 0.4) is 0 Å². The number of halogens is 1. The lowest BCUT2D eigenvalue weighted by molar-refractivity contribution is 0.0762. The number of aromatic nitrogens is 2.